The summed E-state index contributed by atoms with van der Waals surface area (Å²) in [5, 5.41) is 9.45. The zero-order chi connectivity index (χ0) is 9.97. The van der Waals surface area contributed by atoms with Gasteiger partial charge in [-0.2, -0.15) is 0 Å². The summed E-state index contributed by atoms with van der Waals surface area (Å²) in [7, 11) is 0. The molecule has 80 valence electrons. The molecule has 0 radical (unpaired) electrons. The van der Waals surface area contributed by atoms with E-state index in [9.17, 15) is 5.11 Å². The van der Waals surface area contributed by atoms with Gasteiger partial charge in [0.1, 0.15) is 0 Å². The highest BCUT2D eigenvalue weighted by molar-refractivity contribution is 5.15. The van der Waals surface area contributed by atoms with Crippen LogP contribution in [0.4, 0.5) is 0 Å². The second-order valence-electron chi connectivity index (χ2n) is 4.97. The van der Waals surface area contributed by atoms with E-state index in [0.29, 0.717) is 0 Å². The van der Waals surface area contributed by atoms with Gasteiger partial charge in [0.05, 0.1) is 6.10 Å². The lowest BCUT2D eigenvalue weighted by Gasteiger charge is -2.28. The van der Waals surface area contributed by atoms with Crippen LogP contribution in [0.1, 0.15) is 51.9 Å². The number of rotatable bonds is 2. The third-order valence-corrected chi connectivity index (χ3v) is 4.08. The molecule has 0 amide bonds. The predicted molar refractivity (Wildman–Crippen MR) is 59.1 cm³/mol. The average Bonchev–Trinajstić information content (AvgIpc) is 2.65. The highest BCUT2D eigenvalue weighted by Gasteiger charge is 2.25. The first-order valence-electron chi connectivity index (χ1n) is 6.18. The molecule has 1 heteroatoms. The normalized spacial score (nSPS) is 38.4. The minimum absolute atomic E-state index is 0.131. The molecule has 1 N–H and O–H groups in total. The van der Waals surface area contributed by atoms with Crippen LogP contribution >= 0.6 is 0 Å². The Morgan fingerprint density at radius 3 is 2.43 bits per heavy atom. The SMILES string of the molecule is CCC1CCC(C2=CC(O)CC2)CC1. The first-order valence-corrected chi connectivity index (χ1v) is 6.18. The average molecular weight is 194 g/mol. The lowest BCUT2D eigenvalue weighted by Crippen LogP contribution is -2.15. The highest BCUT2D eigenvalue weighted by atomic mass is 16.3. The minimum Gasteiger partial charge on any atom is -0.389 e. The fourth-order valence-corrected chi connectivity index (χ4v) is 3.01. The van der Waals surface area contributed by atoms with Gasteiger partial charge in [-0.25, -0.2) is 0 Å². The second-order valence-corrected chi connectivity index (χ2v) is 4.97. The van der Waals surface area contributed by atoms with E-state index in [2.05, 4.69) is 13.0 Å². The molecule has 2 aliphatic rings. The highest BCUT2D eigenvalue weighted by Crippen LogP contribution is 2.38. The van der Waals surface area contributed by atoms with Gasteiger partial charge in [0.15, 0.2) is 0 Å². The molecule has 0 spiro atoms. The maximum absolute atomic E-state index is 9.45. The van der Waals surface area contributed by atoms with Crippen LogP contribution in [0.5, 0.6) is 0 Å². The fourth-order valence-electron chi connectivity index (χ4n) is 3.01. The molecule has 14 heavy (non-hydrogen) atoms. The van der Waals surface area contributed by atoms with Crippen molar-refractivity contribution < 1.29 is 5.11 Å². The molecule has 1 fully saturated rings. The molecule has 0 aromatic rings. The van der Waals surface area contributed by atoms with E-state index < -0.39 is 0 Å². The number of aliphatic hydroxyl groups is 1. The standard InChI is InChI=1S/C13H22O/c1-2-10-3-5-11(6-4-10)12-7-8-13(14)9-12/h9-11,13-14H,2-8H2,1H3. The third kappa shape index (κ3) is 2.20. The Balaban J connectivity index is 1.86. The van der Waals surface area contributed by atoms with Crippen LogP contribution in [-0.2, 0) is 0 Å². The van der Waals surface area contributed by atoms with Crippen molar-refractivity contribution in [3.8, 4) is 0 Å². The first-order chi connectivity index (χ1) is 6.79. The Morgan fingerprint density at radius 1 is 1.21 bits per heavy atom. The van der Waals surface area contributed by atoms with Gasteiger partial charge in [0.25, 0.3) is 0 Å². The van der Waals surface area contributed by atoms with Gasteiger partial charge in [-0.1, -0.05) is 25.0 Å². The Kier molecular flexibility index (Phi) is 3.27. The van der Waals surface area contributed by atoms with Gasteiger partial charge < -0.3 is 5.11 Å². The summed E-state index contributed by atoms with van der Waals surface area (Å²) in [6, 6.07) is 0. The summed E-state index contributed by atoms with van der Waals surface area (Å²) in [6.07, 6.45) is 11.0. The van der Waals surface area contributed by atoms with Crippen LogP contribution in [-0.4, -0.2) is 11.2 Å². The summed E-state index contributed by atoms with van der Waals surface area (Å²) in [6.45, 7) is 2.31. The Labute approximate surface area is 87.2 Å². The zero-order valence-corrected chi connectivity index (χ0v) is 9.21. The number of allylic oxidation sites excluding steroid dienone is 1. The van der Waals surface area contributed by atoms with E-state index in [0.717, 1.165) is 24.7 Å². The van der Waals surface area contributed by atoms with Crippen LogP contribution in [0, 0.1) is 11.8 Å². The van der Waals surface area contributed by atoms with Crippen molar-refractivity contribution in [2.45, 2.75) is 58.0 Å². The number of aliphatic hydroxyl groups excluding tert-OH is 1. The molecule has 1 unspecified atom stereocenters. The van der Waals surface area contributed by atoms with Crippen molar-refractivity contribution in [1.82, 2.24) is 0 Å². The number of hydrogen-bond donors (Lipinski definition) is 1. The largest absolute Gasteiger partial charge is 0.389 e. The van der Waals surface area contributed by atoms with Crippen LogP contribution in [0.2, 0.25) is 0 Å². The fraction of sp³-hybridized carbons (Fsp3) is 0.846. The molecule has 0 aromatic carbocycles. The van der Waals surface area contributed by atoms with Crippen LogP contribution in [0.15, 0.2) is 11.6 Å². The molecule has 1 atom stereocenters. The molecule has 2 rings (SSSR count). The Morgan fingerprint density at radius 2 is 1.93 bits per heavy atom. The monoisotopic (exact) mass is 194 g/mol. The molecule has 1 saturated carbocycles. The van der Waals surface area contributed by atoms with Crippen molar-refractivity contribution in [2.24, 2.45) is 11.8 Å². The van der Waals surface area contributed by atoms with Gasteiger partial charge in [-0.3, -0.25) is 0 Å². The van der Waals surface area contributed by atoms with Gasteiger partial charge in [-0.15, -0.1) is 0 Å². The predicted octanol–water partition coefficient (Wildman–Crippen LogP) is 3.28. The van der Waals surface area contributed by atoms with E-state index in [4.69, 9.17) is 0 Å². The van der Waals surface area contributed by atoms with Crippen LogP contribution in [0.3, 0.4) is 0 Å². The summed E-state index contributed by atoms with van der Waals surface area (Å²) >= 11 is 0. The summed E-state index contributed by atoms with van der Waals surface area (Å²) in [5.74, 6) is 1.80. The lowest BCUT2D eigenvalue weighted by atomic mass is 9.77. The second kappa shape index (κ2) is 4.48. The lowest BCUT2D eigenvalue weighted by molar-refractivity contribution is 0.223. The van der Waals surface area contributed by atoms with Crippen LogP contribution in [0.25, 0.3) is 0 Å². The van der Waals surface area contributed by atoms with E-state index >= 15 is 0 Å². The topological polar surface area (TPSA) is 20.2 Å². The maximum Gasteiger partial charge on any atom is 0.0726 e. The Hall–Kier alpha value is -0.300. The molecule has 0 aliphatic heterocycles. The van der Waals surface area contributed by atoms with Gasteiger partial charge in [-0.05, 0) is 50.4 Å². The molecule has 0 bridgehead atoms. The van der Waals surface area contributed by atoms with Crippen molar-refractivity contribution in [1.29, 1.82) is 0 Å². The quantitative estimate of drug-likeness (QED) is 0.669. The molecular weight excluding hydrogens is 172 g/mol. The molecular formula is C13H22O. The van der Waals surface area contributed by atoms with Crippen molar-refractivity contribution in [2.75, 3.05) is 0 Å². The summed E-state index contributed by atoms with van der Waals surface area (Å²) in [5.41, 5.74) is 1.56. The molecule has 0 aromatic heterocycles. The van der Waals surface area contributed by atoms with Gasteiger partial charge in [0, 0.05) is 0 Å². The van der Waals surface area contributed by atoms with Crippen molar-refractivity contribution in [3.05, 3.63) is 11.6 Å². The first kappa shape index (κ1) is 10.2. The smallest absolute Gasteiger partial charge is 0.0726 e. The van der Waals surface area contributed by atoms with Gasteiger partial charge in [0.2, 0.25) is 0 Å². The van der Waals surface area contributed by atoms with E-state index in [1.807, 2.05) is 0 Å². The van der Waals surface area contributed by atoms with Gasteiger partial charge >= 0.3 is 0 Å². The van der Waals surface area contributed by atoms with Crippen molar-refractivity contribution in [3.63, 3.8) is 0 Å². The molecule has 0 saturated heterocycles. The maximum atomic E-state index is 9.45. The number of hydrogen-bond acceptors (Lipinski definition) is 1. The van der Waals surface area contributed by atoms with E-state index in [-0.39, 0.29) is 6.10 Å². The zero-order valence-electron chi connectivity index (χ0n) is 9.21. The molecule has 2 aliphatic carbocycles. The Bertz CT molecular complexity index is 211. The molecule has 0 heterocycles. The molecule has 1 nitrogen and oxygen atoms in total. The van der Waals surface area contributed by atoms with Crippen molar-refractivity contribution >= 4 is 0 Å². The van der Waals surface area contributed by atoms with E-state index in [1.54, 1.807) is 5.57 Å². The summed E-state index contributed by atoms with van der Waals surface area (Å²) < 4.78 is 0. The van der Waals surface area contributed by atoms with E-state index in [1.165, 1.54) is 32.1 Å². The third-order valence-electron chi connectivity index (χ3n) is 4.08. The summed E-state index contributed by atoms with van der Waals surface area (Å²) in [4.78, 5) is 0. The minimum atomic E-state index is -0.131. The van der Waals surface area contributed by atoms with Crippen LogP contribution < -0.4 is 0 Å².